The predicted molar refractivity (Wildman–Crippen MR) is 68.7 cm³/mol. The molecule has 0 saturated carbocycles. The summed E-state index contributed by atoms with van der Waals surface area (Å²) in [6, 6.07) is 10.0. The van der Waals surface area contributed by atoms with E-state index in [9.17, 15) is 4.79 Å². The van der Waals surface area contributed by atoms with Crippen LogP contribution in [-0.4, -0.2) is 35.6 Å². The van der Waals surface area contributed by atoms with E-state index < -0.39 is 0 Å². The molecule has 1 rings (SSSR count). The molecule has 1 unspecified atom stereocenters. The van der Waals surface area contributed by atoms with Crippen molar-refractivity contribution in [2.75, 3.05) is 13.6 Å². The minimum atomic E-state index is -0.348. The van der Waals surface area contributed by atoms with Gasteiger partial charge in [-0.15, -0.1) is 0 Å². The number of hydrogen-bond acceptors (Lipinski definition) is 2. The Morgan fingerprint density at radius 1 is 1.35 bits per heavy atom. The van der Waals surface area contributed by atoms with Crippen LogP contribution in [0.15, 0.2) is 30.3 Å². The van der Waals surface area contributed by atoms with E-state index in [0.717, 1.165) is 6.42 Å². The second-order valence-corrected chi connectivity index (χ2v) is 4.44. The Balaban J connectivity index is 2.29. The van der Waals surface area contributed by atoms with Gasteiger partial charge < -0.3 is 10.0 Å². The lowest BCUT2D eigenvalue weighted by Crippen LogP contribution is -2.29. The van der Waals surface area contributed by atoms with Gasteiger partial charge in [-0.1, -0.05) is 30.3 Å². The molecule has 0 bridgehead atoms. The van der Waals surface area contributed by atoms with Crippen LogP contribution in [0, 0.1) is 0 Å². The van der Waals surface area contributed by atoms with E-state index in [1.165, 1.54) is 5.56 Å². The van der Waals surface area contributed by atoms with Gasteiger partial charge in [0.25, 0.3) is 0 Å². The number of aliphatic hydroxyl groups is 1. The normalized spacial score (nSPS) is 12.2. The van der Waals surface area contributed by atoms with Crippen LogP contribution in [0.1, 0.15) is 25.3 Å². The summed E-state index contributed by atoms with van der Waals surface area (Å²) >= 11 is 0. The second-order valence-electron chi connectivity index (χ2n) is 4.44. The number of carbonyl (C=O) groups excluding carboxylic acids is 1. The van der Waals surface area contributed by atoms with E-state index >= 15 is 0 Å². The SMILES string of the molecule is CC(O)CCN(C)C(=O)CCc1ccccc1. The van der Waals surface area contributed by atoms with Crippen LogP contribution in [-0.2, 0) is 11.2 Å². The molecule has 1 aromatic carbocycles. The van der Waals surface area contributed by atoms with E-state index in [4.69, 9.17) is 5.11 Å². The number of aliphatic hydroxyl groups excluding tert-OH is 1. The first-order valence-electron chi connectivity index (χ1n) is 6.05. The molecule has 0 spiro atoms. The Labute approximate surface area is 103 Å². The molecule has 0 saturated heterocycles. The largest absolute Gasteiger partial charge is 0.393 e. The fourth-order valence-corrected chi connectivity index (χ4v) is 1.59. The van der Waals surface area contributed by atoms with Gasteiger partial charge >= 0.3 is 0 Å². The molecular formula is C14H21NO2. The molecule has 0 aliphatic carbocycles. The predicted octanol–water partition coefficient (Wildman–Crippen LogP) is 1.85. The number of rotatable bonds is 6. The first-order chi connectivity index (χ1) is 8.09. The Morgan fingerprint density at radius 3 is 2.59 bits per heavy atom. The van der Waals surface area contributed by atoms with Crippen LogP contribution < -0.4 is 0 Å². The quantitative estimate of drug-likeness (QED) is 0.817. The standard InChI is InChI=1S/C14H21NO2/c1-12(16)10-11-15(2)14(17)9-8-13-6-4-3-5-7-13/h3-7,12,16H,8-11H2,1-2H3. The molecule has 17 heavy (non-hydrogen) atoms. The zero-order valence-electron chi connectivity index (χ0n) is 10.6. The van der Waals surface area contributed by atoms with Crippen molar-refractivity contribution in [3.8, 4) is 0 Å². The summed E-state index contributed by atoms with van der Waals surface area (Å²) in [5, 5.41) is 9.15. The van der Waals surface area contributed by atoms with E-state index in [-0.39, 0.29) is 12.0 Å². The van der Waals surface area contributed by atoms with Crippen molar-refractivity contribution in [2.24, 2.45) is 0 Å². The summed E-state index contributed by atoms with van der Waals surface area (Å²) in [5.74, 6) is 0.134. The third-order valence-corrected chi connectivity index (χ3v) is 2.78. The summed E-state index contributed by atoms with van der Waals surface area (Å²) in [4.78, 5) is 13.5. The van der Waals surface area contributed by atoms with Gasteiger partial charge in [0.05, 0.1) is 6.10 Å². The smallest absolute Gasteiger partial charge is 0.222 e. The summed E-state index contributed by atoms with van der Waals surface area (Å²) in [7, 11) is 1.79. The maximum absolute atomic E-state index is 11.8. The van der Waals surface area contributed by atoms with Crippen molar-refractivity contribution in [3.63, 3.8) is 0 Å². The van der Waals surface area contributed by atoms with Crippen molar-refractivity contribution in [1.29, 1.82) is 0 Å². The first kappa shape index (κ1) is 13.7. The van der Waals surface area contributed by atoms with Crippen LogP contribution in [0.3, 0.4) is 0 Å². The molecule has 1 N–H and O–H groups in total. The molecular weight excluding hydrogens is 214 g/mol. The van der Waals surface area contributed by atoms with Crippen LogP contribution in [0.5, 0.6) is 0 Å². The minimum absolute atomic E-state index is 0.134. The first-order valence-corrected chi connectivity index (χ1v) is 6.05. The van der Waals surface area contributed by atoms with Gasteiger partial charge in [-0.2, -0.15) is 0 Å². The van der Waals surface area contributed by atoms with Gasteiger partial charge in [0, 0.05) is 20.0 Å². The zero-order valence-corrected chi connectivity index (χ0v) is 10.6. The molecule has 1 aromatic rings. The van der Waals surface area contributed by atoms with Crippen molar-refractivity contribution in [2.45, 2.75) is 32.3 Å². The van der Waals surface area contributed by atoms with Gasteiger partial charge in [0.1, 0.15) is 0 Å². The Hall–Kier alpha value is -1.35. The zero-order chi connectivity index (χ0) is 12.7. The highest BCUT2D eigenvalue weighted by molar-refractivity contribution is 5.76. The molecule has 0 aromatic heterocycles. The van der Waals surface area contributed by atoms with Crippen molar-refractivity contribution >= 4 is 5.91 Å². The average molecular weight is 235 g/mol. The molecule has 1 amide bonds. The van der Waals surface area contributed by atoms with E-state index in [1.807, 2.05) is 30.3 Å². The fraction of sp³-hybridized carbons (Fsp3) is 0.500. The van der Waals surface area contributed by atoms with Gasteiger partial charge in [0.2, 0.25) is 5.91 Å². The lowest BCUT2D eigenvalue weighted by molar-refractivity contribution is -0.130. The molecule has 1 atom stereocenters. The van der Waals surface area contributed by atoms with Crippen LogP contribution >= 0.6 is 0 Å². The van der Waals surface area contributed by atoms with E-state index in [0.29, 0.717) is 19.4 Å². The van der Waals surface area contributed by atoms with Crippen LogP contribution in [0.4, 0.5) is 0 Å². The van der Waals surface area contributed by atoms with Gasteiger partial charge in [0.15, 0.2) is 0 Å². The number of aryl methyl sites for hydroxylation is 1. The fourth-order valence-electron chi connectivity index (χ4n) is 1.59. The summed E-state index contributed by atoms with van der Waals surface area (Å²) in [6.07, 6.45) is 1.59. The summed E-state index contributed by atoms with van der Waals surface area (Å²) < 4.78 is 0. The van der Waals surface area contributed by atoms with Crippen LogP contribution in [0.25, 0.3) is 0 Å². The lowest BCUT2D eigenvalue weighted by atomic mass is 10.1. The highest BCUT2D eigenvalue weighted by atomic mass is 16.3. The molecule has 94 valence electrons. The van der Waals surface area contributed by atoms with Crippen LogP contribution in [0.2, 0.25) is 0 Å². The topological polar surface area (TPSA) is 40.5 Å². The number of carbonyl (C=O) groups is 1. The number of hydrogen-bond donors (Lipinski definition) is 1. The maximum Gasteiger partial charge on any atom is 0.222 e. The molecule has 3 heteroatoms. The summed E-state index contributed by atoms with van der Waals surface area (Å²) in [6.45, 7) is 2.35. The Bertz CT molecular complexity index is 335. The van der Waals surface area contributed by atoms with E-state index in [2.05, 4.69) is 0 Å². The number of amides is 1. The lowest BCUT2D eigenvalue weighted by Gasteiger charge is -2.17. The van der Waals surface area contributed by atoms with Gasteiger partial charge in [-0.3, -0.25) is 4.79 Å². The van der Waals surface area contributed by atoms with Crippen molar-refractivity contribution in [3.05, 3.63) is 35.9 Å². The van der Waals surface area contributed by atoms with Gasteiger partial charge in [-0.25, -0.2) is 0 Å². The molecule has 0 radical (unpaired) electrons. The molecule has 0 heterocycles. The Morgan fingerprint density at radius 2 is 2.00 bits per heavy atom. The second kappa shape index (κ2) is 7.07. The third-order valence-electron chi connectivity index (χ3n) is 2.78. The van der Waals surface area contributed by atoms with Crippen molar-refractivity contribution in [1.82, 2.24) is 4.90 Å². The average Bonchev–Trinajstić information content (AvgIpc) is 2.34. The molecule has 0 aliphatic heterocycles. The highest BCUT2D eigenvalue weighted by Gasteiger charge is 2.09. The van der Waals surface area contributed by atoms with E-state index in [1.54, 1.807) is 18.9 Å². The molecule has 0 fully saturated rings. The highest BCUT2D eigenvalue weighted by Crippen LogP contribution is 2.04. The summed E-state index contributed by atoms with van der Waals surface area (Å²) in [5.41, 5.74) is 1.18. The van der Waals surface area contributed by atoms with Crippen molar-refractivity contribution < 1.29 is 9.90 Å². The monoisotopic (exact) mass is 235 g/mol. The minimum Gasteiger partial charge on any atom is -0.393 e. The molecule has 3 nitrogen and oxygen atoms in total. The number of benzene rings is 1. The van der Waals surface area contributed by atoms with Gasteiger partial charge in [-0.05, 0) is 25.3 Å². The number of nitrogens with zero attached hydrogens (tertiary/aromatic N) is 1. The maximum atomic E-state index is 11.8. The third kappa shape index (κ3) is 5.50. The Kier molecular flexibility index (Phi) is 5.70. The molecule has 0 aliphatic rings.